The second kappa shape index (κ2) is 8.72. The highest BCUT2D eigenvalue weighted by atomic mass is 79.9. The van der Waals surface area contributed by atoms with Gasteiger partial charge in [0.2, 0.25) is 0 Å². The minimum Gasteiger partial charge on any atom is -0.309 e. The number of benzene rings is 6. The van der Waals surface area contributed by atoms with Gasteiger partial charge in [0.25, 0.3) is 0 Å². The van der Waals surface area contributed by atoms with Crippen molar-refractivity contribution in [3.05, 3.63) is 144 Å². The van der Waals surface area contributed by atoms with Gasteiger partial charge in [-0.3, -0.25) is 0 Å². The molecule has 0 amide bonds. The van der Waals surface area contributed by atoms with E-state index >= 15 is 0 Å². The molecular weight excluding hydrogens is 540 g/mol. The van der Waals surface area contributed by atoms with Gasteiger partial charge < -0.3 is 9.13 Å². The van der Waals surface area contributed by atoms with Crippen molar-refractivity contribution in [2.24, 2.45) is 0 Å². The predicted octanol–water partition coefficient (Wildman–Crippen LogP) is 10.3. The van der Waals surface area contributed by atoms with Crippen LogP contribution in [0.1, 0.15) is 0 Å². The first-order valence-corrected chi connectivity index (χ1v) is 13.9. The Morgan fingerprint density at radius 3 is 1.62 bits per heavy atom. The van der Waals surface area contributed by atoms with Crippen LogP contribution in [0.5, 0.6) is 0 Å². The largest absolute Gasteiger partial charge is 0.309 e. The van der Waals surface area contributed by atoms with E-state index in [0.717, 1.165) is 15.8 Å². The lowest BCUT2D eigenvalue weighted by Gasteiger charge is -2.11. The third kappa shape index (κ3) is 3.47. The average Bonchev–Trinajstić information content (AvgIpc) is 3.50. The van der Waals surface area contributed by atoms with Crippen LogP contribution >= 0.6 is 15.9 Å². The molecular formula is C36H23BrN2. The molecule has 0 saturated heterocycles. The van der Waals surface area contributed by atoms with Crippen molar-refractivity contribution >= 4 is 59.5 Å². The zero-order chi connectivity index (χ0) is 25.9. The Hall–Kier alpha value is -4.60. The van der Waals surface area contributed by atoms with Crippen LogP contribution < -0.4 is 0 Å². The molecule has 0 aliphatic rings. The van der Waals surface area contributed by atoms with Crippen molar-refractivity contribution in [3.63, 3.8) is 0 Å². The normalized spacial score (nSPS) is 11.7. The molecule has 184 valence electrons. The molecule has 2 nitrogen and oxygen atoms in total. The van der Waals surface area contributed by atoms with Crippen LogP contribution in [0.15, 0.2) is 144 Å². The summed E-state index contributed by atoms with van der Waals surface area (Å²) in [5.74, 6) is 0. The first kappa shape index (κ1) is 22.4. The second-order valence-corrected chi connectivity index (χ2v) is 10.9. The lowest BCUT2D eigenvalue weighted by atomic mass is 10.1. The molecule has 2 heterocycles. The summed E-state index contributed by atoms with van der Waals surface area (Å²) < 4.78 is 5.86. The van der Waals surface area contributed by atoms with Crippen LogP contribution in [0.3, 0.4) is 0 Å². The van der Waals surface area contributed by atoms with Crippen LogP contribution in [-0.2, 0) is 0 Å². The number of hydrogen-bond acceptors (Lipinski definition) is 0. The Morgan fingerprint density at radius 2 is 0.897 bits per heavy atom. The van der Waals surface area contributed by atoms with E-state index in [4.69, 9.17) is 0 Å². The molecule has 8 rings (SSSR count). The molecule has 0 radical (unpaired) electrons. The van der Waals surface area contributed by atoms with Crippen molar-refractivity contribution in [1.29, 1.82) is 0 Å². The zero-order valence-corrected chi connectivity index (χ0v) is 22.6. The monoisotopic (exact) mass is 562 g/mol. The van der Waals surface area contributed by atoms with Gasteiger partial charge in [0.1, 0.15) is 0 Å². The first-order valence-electron chi connectivity index (χ1n) is 13.1. The molecule has 0 bridgehead atoms. The molecule has 0 spiro atoms. The third-order valence-corrected chi connectivity index (χ3v) is 8.25. The smallest absolute Gasteiger partial charge is 0.0542 e. The lowest BCUT2D eigenvalue weighted by Crippen LogP contribution is -1.96. The maximum atomic E-state index is 3.73. The number of para-hydroxylation sites is 2. The fourth-order valence-corrected chi connectivity index (χ4v) is 6.42. The van der Waals surface area contributed by atoms with E-state index in [0.29, 0.717) is 0 Å². The quantitative estimate of drug-likeness (QED) is 0.202. The highest BCUT2D eigenvalue weighted by Crippen LogP contribution is 2.38. The Bertz CT molecular complexity index is 2130. The maximum Gasteiger partial charge on any atom is 0.0542 e. The van der Waals surface area contributed by atoms with Crippen LogP contribution in [0.4, 0.5) is 0 Å². The molecule has 0 fully saturated rings. The molecule has 0 saturated carbocycles. The van der Waals surface area contributed by atoms with Crippen LogP contribution in [0, 0.1) is 0 Å². The number of rotatable bonds is 3. The van der Waals surface area contributed by atoms with Gasteiger partial charge in [-0.25, -0.2) is 0 Å². The average molecular weight is 563 g/mol. The van der Waals surface area contributed by atoms with E-state index < -0.39 is 0 Å². The van der Waals surface area contributed by atoms with Gasteiger partial charge in [0.05, 0.1) is 22.1 Å². The van der Waals surface area contributed by atoms with Crippen LogP contribution in [0.25, 0.3) is 66.1 Å². The fourth-order valence-electron chi connectivity index (χ4n) is 6.06. The molecule has 39 heavy (non-hydrogen) atoms. The molecule has 0 atom stereocenters. The summed E-state index contributed by atoms with van der Waals surface area (Å²) in [4.78, 5) is 0. The van der Waals surface area contributed by atoms with Crippen molar-refractivity contribution in [2.75, 3.05) is 0 Å². The minimum absolute atomic E-state index is 1.08. The SMILES string of the molecule is Brc1ccc2c(c1)c1cc(-n3c4ccccc4c4ccccc43)ccc1n2-c1cccc(-c2ccccc2)c1. The minimum atomic E-state index is 1.08. The van der Waals surface area contributed by atoms with Crippen LogP contribution in [-0.4, -0.2) is 9.13 Å². The maximum absolute atomic E-state index is 3.73. The van der Waals surface area contributed by atoms with Crippen molar-refractivity contribution in [3.8, 4) is 22.5 Å². The van der Waals surface area contributed by atoms with Crippen molar-refractivity contribution in [2.45, 2.75) is 0 Å². The summed E-state index contributed by atoms with van der Waals surface area (Å²) in [6.07, 6.45) is 0. The van der Waals surface area contributed by atoms with E-state index in [2.05, 4.69) is 165 Å². The Balaban J connectivity index is 1.41. The van der Waals surface area contributed by atoms with E-state index in [1.54, 1.807) is 0 Å². The topological polar surface area (TPSA) is 9.86 Å². The van der Waals surface area contributed by atoms with E-state index in [-0.39, 0.29) is 0 Å². The number of hydrogen-bond donors (Lipinski definition) is 0. The zero-order valence-electron chi connectivity index (χ0n) is 21.1. The van der Waals surface area contributed by atoms with E-state index in [1.807, 2.05) is 0 Å². The molecule has 0 aliphatic heterocycles. The van der Waals surface area contributed by atoms with Gasteiger partial charge in [0, 0.05) is 37.4 Å². The first-order chi connectivity index (χ1) is 19.3. The molecule has 8 aromatic rings. The van der Waals surface area contributed by atoms with Gasteiger partial charge in [-0.1, -0.05) is 94.8 Å². The van der Waals surface area contributed by atoms with Gasteiger partial charge in [-0.2, -0.15) is 0 Å². The summed E-state index contributed by atoms with van der Waals surface area (Å²) in [6, 6.07) is 50.2. The highest BCUT2D eigenvalue weighted by Gasteiger charge is 2.16. The Morgan fingerprint density at radius 1 is 0.359 bits per heavy atom. The summed E-state index contributed by atoms with van der Waals surface area (Å²) in [6.45, 7) is 0. The molecule has 3 heteroatoms. The number of halogens is 1. The Labute approximate surface area is 234 Å². The van der Waals surface area contributed by atoms with Crippen LogP contribution in [0.2, 0.25) is 0 Å². The summed E-state index contributed by atoms with van der Waals surface area (Å²) >= 11 is 3.73. The fraction of sp³-hybridized carbons (Fsp3) is 0. The van der Waals surface area contributed by atoms with Gasteiger partial charge in [-0.05, 0) is 71.8 Å². The predicted molar refractivity (Wildman–Crippen MR) is 168 cm³/mol. The molecule has 0 aliphatic carbocycles. The summed E-state index contributed by atoms with van der Waals surface area (Å²) in [5.41, 5.74) is 9.58. The Kier molecular flexibility index (Phi) is 5.01. The summed E-state index contributed by atoms with van der Waals surface area (Å²) in [7, 11) is 0. The van der Waals surface area contributed by atoms with E-state index in [1.165, 1.54) is 54.7 Å². The van der Waals surface area contributed by atoms with Crippen molar-refractivity contribution in [1.82, 2.24) is 9.13 Å². The molecule has 2 aromatic heterocycles. The number of nitrogens with zero attached hydrogens (tertiary/aromatic N) is 2. The highest BCUT2D eigenvalue weighted by molar-refractivity contribution is 9.10. The van der Waals surface area contributed by atoms with Crippen molar-refractivity contribution < 1.29 is 0 Å². The number of aromatic nitrogens is 2. The summed E-state index contributed by atoms with van der Waals surface area (Å²) in [5, 5.41) is 5.01. The standard InChI is InChI=1S/C36H23BrN2/c37-26-17-19-35-31(22-26)32-23-28(39-33-15-6-4-13-29(33)30-14-5-7-16-34(30)39)18-20-36(32)38(35)27-12-8-11-25(21-27)24-9-2-1-3-10-24/h1-23H. The molecule has 6 aromatic carbocycles. The van der Waals surface area contributed by atoms with Gasteiger partial charge >= 0.3 is 0 Å². The van der Waals surface area contributed by atoms with Gasteiger partial charge in [-0.15, -0.1) is 0 Å². The molecule has 0 unspecified atom stereocenters. The molecule has 0 N–H and O–H groups in total. The third-order valence-electron chi connectivity index (χ3n) is 7.76. The lowest BCUT2D eigenvalue weighted by molar-refractivity contribution is 1.17. The van der Waals surface area contributed by atoms with E-state index in [9.17, 15) is 0 Å². The number of fused-ring (bicyclic) bond motifs is 6. The van der Waals surface area contributed by atoms with Gasteiger partial charge in [0.15, 0.2) is 0 Å². The second-order valence-electron chi connectivity index (χ2n) is 9.98.